The third-order valence-electron chi connectivity index (χ3n) is 3.18. The normalized spacial score (nSPS) is 15.8. The fraction of sp³-hybridized carbons (Fsp3) is 0.250. The lowest BCUT2D eigenvalue weighted by Crippen LogP contribution is -2.42. The number of hydrogen-bond donors (Lipinski definition) is 3. The van der Waals surface area contributed by atoms with Crippen molar-refractivity contribution in [1.29, 1.82) is 0 Å². The van der Waals surface area contributed by atoms with Crippen LogP contribution in [0.3, 0.4) is 0 Å². The minimum absolute atomic E-state index is 0.122. The summed E-state index contributed by atoms with van der Waals surface area (Å²) < 4.78 is 9.84. The topological polar surface area (TPSA) is 139 Å². The molecule has 1 aliphatic heterocycles. The summed E-state index contributed by atoms with van der Waals surface area (Å²) in [6.45, 7) is 2.82. The molecule has 1 aliphatic rings. The minimum Gasteiger partial charge on any atom is -0.481 e. The number of carboxylic acids is 2. The summed E-state index contributed by atoms with van der Waals surface area (Å²) in [6, 6.07) is 3.95. The molecule has 0 atom stereocenters. The number of benzene rings is 1. The fourth-order valence-electron chi connectivity index (χ4n) is 2.12. The number of aromatic carboxylic acids is 1. The molecular formula is C16H15NO8. The fourth-order valence-corrected chi connectivity index (χ4v) is 2.12. The molecule has 0 unspecified atom stereocenters. The number of carbonyl (C=O) groups is 4. The average molecular weight is 349 g/mol. The van der Waals surface area contributed by atoms with Crippen LogP contribution in [0.15, 0.2) is 30.0 Å². The first-order valence-electron chi connectivity index (χ1n) is 7.10. The summed E-state index contributed by atoms with van der Waals surface area (Å²) in [5, 5.41) is 20.6. The van der Waals surface area contributed by atoms with Gasteiger partial charge in [-0.05, 0) is 17.7 Å². The van der Waals surface area contributed by atoms with Crippen molar-refractivity contribution < 1.29 is 38.9 Å². The van der Waals surface area contributed by atoms with Crippen molar-refractivity contribution in [2.24, 2.45) is 0 Å². The second-order valence-corrected chi connectivity index (χ2v) is 5.63. The van der Waals surface area contributed by atoms with E-state index in [4.69, 9.17) is 14.6 Å². The van der Waals surface area contributed by atoms with E-state index in [1.807, 2.05) is 0 Å². The van der Waals surface area contributed by atoms with Crippen molar-refractivity contribution in [1.82, 2.24) is 0 Å². The molecule has 1 heterocycles. The zero-order valence-electron chi connectivity index (χ0n) is 13.4. The monoisotopic (exact) mass is 349 g/mol. The van der Waals surface area contributed by atoms with Crippen molar-refractivity contribution in [3.8, 4) is 0 Å². The van der Waals surface area contributed by atoms with E-state index in [1.54, 1.807) is 0 Å². The van der Waals surface area contributed by atoms with Gasteiger partial charge in [0.15, 0.2) is 5.57 Å². The summed E-state index contributed by atoms with van der Waals surface area (Å²) in [4.78, 5) is 45.6. The Morgan fingerprint density at radius 1 is 1.16 bits per heavy atom. The van der Waals surface area contributed by atoms with E-state index >= 15 is 0 Å². The highest BCUT2D eigenvalue weighted by Gasteiger charge is 2.38. The van der Waals surface area contributed by atoms with Crippen molar-refractivity contribution in [2.45, 2.75) is 26.1 Å². The lowest BCUT2D eigenvalue weighted by Gasteiger charge is -2.29. The van der Waals surface area contributed by atoms with E-state index in [2.05, 4.69) is 5.32 Å². The minimum atomic E-state index is -1.36. The van der Waals surface area contributed by atoms with Crippen molar-refractivity contribution in [3.63, 3.8) is 0 Å². The molecule has 0 saturated carbocycles. The predicted molar refractivity (Wildman–Crippen MR) is 82.7 cm³/mol. The van der Waals surface area contributed by atoms with Gasteiger partial charge < -0.3 is 25.0 Å². The number of hydrogen-bond acceptors (Lipinski definition) is 7. The molecule has 0 amide bonds. The SMILES string of the molecule is CC1(C)OC(=O)C(=CNc2ccc(CC(=O)O)c(C(=O)O)c2)C(=O)O1. The summed E-state index contributed by atoms with van der Waals surface area (Å²) in [5.74, 6) is -5.59. The van der Waals surface area contributed by atoms with Gasteiger partial charge in [0.1, 0.15) is 0 Å². The van der Waals surface area contributed by atoms with Gasteiger partial charge in [0.2, 0.25) is 0 Å². The maximum Gasteiger partial charge on any atom is 0.350 e. The number of carboxylic acid groups (broad SMARTS) is 2. The van der Waals surface area contributed by atoms with Crippen LogP contribution < -0.4 is 5.32 Å². The molecule has 0 radical (unpaired) electrons. The van der Waals surface area contributed by atoms with E-state index in [-0.39, 0.29) is 22.4 Å². The van der Waals surface area contributed by atoms with Gasteiger partial charge in [-0.2, -0.15) is 0 Å². The van der Waals surface area contributed by atoms with E-state index in [0.29, 0.717) is 0 Å². The summed E-state index contributed by atoms with van der Waals surface area (Å²) in [5.41, 5.74) is -0.229. The Morgan fingerprint density at radius 2 is 1.76 bits per heavy atom. The van der Waals surface area contributed by atoms with Crippen molar-refractivity contribution >= 4 is 29.6 Å². The van der Waals surface area contributed by atoms with Crippen LogP contribution in [0.1, 0.15) is 29.8 Å². The molecule has 1 aromatic carbocycles. The van der Waals surface area contributed by atoms with Crippen molar-refractivity contribution in [3.05, 3.63) is 41.1 Å². The molecule has 1 saturated heterocycles. The maximum atomic E-state index is 11.8. The highest BCUT2D eigenvalue weighted by atomic mass is 16.7. The standard InChI is InChI=1S/C16H15NO8/c1-16(2)24-14(22)11(15(23)25-16)7-17-9-4-3-8(5-12(18)19)10(6-9)13(20)21/h3-4,6-7,17H,5H2,1-2H3,(H,18,19)(H,20,21). The molecule has 0 spiro atoms. The Labute approximate surface area is 141 Å². The smallest absolute Gasteiger partial charge is 0.350 e. The molecule has 1 aromatic rings. The number of carbonyl (C=O) groups excluding carboxylic acids is 2. The van der Waals surface area contributed by atoms with Crippen LogP contribution in [0, 0.1) is 0 Å². The van der Waals surface area contributed by atoms with Crippen LogP contribution in [0.4, 0.5) is 5.69 Å². The Morgan fingerprint density at radius 3 is 2.28 bits per heavy atom. The van der Waals surface area contributed by atoms with Crippen LogP contribution in [0.5, 0.6) is 0 Å². The quantitative estimate of drug-likeness (QED) is 0.405. The maximum absolute atomic E-state index is 11.8. The molecule has 25 heavy (non-hydrogen) atoms. The van der Waals surface area contributed by atoms with Gasteiger partial charge >= 0.3 is 23.9 Å². The van der Waals surface area contributed by atoms with Gasteiger partial charge in [0.25, 0.3) is 5.79 Å². The summed E-state index contributed by atoms with van der Waals surface area (Å²) in [6.07, 6.45) is 0.592. The zero-order chi connectivity index (χ0) is 18.8. The number of cyclic esters (lactones) is 2. The van der Waals surface area contributed by atoms with Crippen LogP contribution in [0.2, 0.25) is 0 Å². The molecule has 1 fully saturated rings. The largest absolute Gasteiger partial charge is 0.481 e. The number of nitrogens with one attached hydrogen (secondary N) is 1. The molecule has 9 nitrogen and oxygen atoms in total. The van der Waals surface area contributed by atoms with Crippen LogP contribution in [-0.2, 0) is 30.3 Å². The Bertz CT molecular complexity index is 771. The molecule has 2 rings (SSSR count). The highest BCUT2D eigenvalue weighted by molar-refractivity contribution is 6.15. The number of ether oxygens (including phenoxy) is 2. The van der Waals surface area contributed by atoms with E-state index in [9.17, 15) is 24.3 Å². The lowest BCUT2D eigenvalue weighted by molar-refractivity contribution is -0.222. The van der Waals surface area contributed by atoms with Gasteiger partial charge in [-0.1, -0.05) is 6.07 Å². The third-order valence-corrected chi connectivity index (χ3v) is 3.18. The Hall–Kier alpha value is -3.36. The number of anilines is 1. The summed E-state index contributed by atoms with van der Waals surface area (Å²) in [7, 11) is 0. The van der Waals surface area contributed by atoms with Gasteiger partial charge in [-0.25, -0.2) is 14.4 Å². The van der Waals surface area contributed by atoms with Crippen LogP contribution in [0.25, 0.3) is 0 Å². The lowest BCUT2D eigenvalue weighted by atomic mass is 10.0. The molecule has 3 N–H and O–H groups in total. The number of esters is 2. The molecule has 0 aliphatic carbocycles. The molecule has 0 bridgehead atoms. The third kappa shape index (κ3) is 4.34. The van der Waals surface area contributed by atoms with E-state index in [1.165, 1.54) is 32.0 Å². The Balaban J connectivity index is 2.24. The molecular weight excluding hydrogens is 334 g/mol. The second kappa shape index (κ2) is 6.63. The van der Waals surface area contributed by atoms with Crippen molar-refractivity contribution in [2.75, 3.05) is 5.32 Å². The first-order chi connectivity index (χ1) is 11.6. The first-order valence-corrected chi connectivity index (χ1v) is 7.10. The molecule has 0 aromatic heterocycles. The molecule has 9 heteroatoms. The zero-order valence-corrected chi connectivity index (χ0v) is 13.4. The van der Waals surface area contributed by atoms with Crippen LogP contribution >= 0.6 is 0 Å². The summed E-state index contributed by atoms with van der Waals surface area (Å²) >= 11 is 0. The van der Waals surface area contributed by atoms with Gasteiger partial charge in [-0.3, -0.25) is 4.79 Å². The van der Waals surface area contributed by atoms with Gasteiger partial charge in [-0.15, -0.1) is 0 Å². The van der Waals surface area contributed by atoms with Crippen LogP contribution in [-0.4, -0.2) is 39.9 Å². The van der Waals surface area contributed by atoms with E-state index < -0.39 is 36.1 Å². The van der Waals surface area contributed by atoms with E-state index in [0.717, 1.165) is 6.20 Å². The highest BCUT2D eigenvalue weighted by Crippen LogP contribution is 2.23. The number of rotatable bonds is 5. The molecule has 132 valence electrons. The van der Waals surface area contributed by atoms with Gasteiger partial charge in [0, 0.05) is 25.7 Å². The second-order valence-electron chi connectivity index (χ2n) is 5.63. The average Bonchev–Trinajstić information content (AvgIpc) is 2.45. The predicted octanol–water partition coefficient (Wildman–Crippen LogP) is 1.14. The number of aliphatic carboxylic acids is 1. The Kier molecular flexibility index (Phi) is 4.77. The first kappa shape index (κ1) is 18.0. The van der Waals surface area contributed by atoms with Gasteiger partial charge in [0.05, 0.1) is 12.0 Å².